The first kappa shape index (κ1) is 9.23. The fourth-order valence-corrected chi connectivity index (χ4v) is 0.923. The van der Waals surface area contributed by atoms with E-state index >= 15 is 0 Å². The molecule has 0 rings (SSSR count). The van der Waals surface area contributed by atoms with Crippen molar-refractivity contribution in [2.75, 3.05) is 0 Å². The summed E-state index contributed by atoms with van der Waals surface area (Å²) in [5, 5.41) is 8.43. The van der Waals surface area contributed by atoms with Gasteiger partial charge in [-0.2, -0.15) is 5.26 Å². The fourth-order valence-electron chi connectivity index (χ4n) is 0.923. The van der Waals surface area contributed by atoms with Crippen molar-refractivity contribution in [3.8, 4) is 6.07 Å². The molecular weight excluding hydrogens is 122 g/mol. The van der Waals surface area contributed by atoms with Crippen LogP contribution in [0.15, 0.2) is 11.1 Å². The molecular formula is C9H15N. The standard InChI is InChI=1S/C9H15N/c1-4-8(3)9(5-2)6-7-10/h4-6H2,1-3H3. The first-order valence-electron chi connectivity index (χ1n) is 3.80. The van der Waals surface area contributed by atoms with Crippen LogP contribution in [0.5, 0.6) is 0 Å². The van der Waals surface area contributed by atoms with Crippen LogP contribution in [0.2, 0.25) is 0 Å². The second-order valence-electron chi connectivity index (χ2n) is 2.43. The van der Waals surface area contributed by atoms with E-state index in [2.05, 4.69) is 26.8 Å². The summed E-state index contributed by atoms with van der Waals surface area (Å²) in [5.74, 6) is 0. The maximum absolute atomic E-state index is 8.43. The van der Waals surface area contributed by atoms with E-state index in [4.69, 9.17) is 5.26 Å². The van der Waals surface area contributed by atoms with Gasteiger partial charge in [0.2, 0.25) is 0 Å². The fraction of sp³-hybridized carbons (Fsp3) is 0.667. The zero-order valence-electron chi connectivity index (χ0n) is 7.07. The molecule has 0 aromatic rings. The van der Waals surface area contributed by atoms with E-state index in [9.17, 15) is 0 Å². The third-order valence-corrected chi connectivity index (χ3v) is 1.85. The lowest BCUT2D eigenvalue weighted by atomic mass is 10.0. The van der Waals surface area contributed by atoms with Crippen LogP contribution in [0.25, 0.3) is 0 Å². The molecule has 0 unspecified atom stereocenters. The minimum absolute atomic E-state index is 0.607. The number of rotatable bonds is 3. The largest absolute Gasteiger partial charge is 0.198 e. The van der Waals surface area contributed by atoms with Crippen LogP contribution in [0, 0.1) is 11.3 Å². The van der Waals surface area contributed by atoms with Crippen molar-refractivity contribution in [1.82, 2.24) is 0 Å². The van der Waals surface area contributed by atoms with Crippen LogP contribution < -0.4 is 0 Å². The molecule has 0 heterocycles. The molecule has 0 aliphatic heterocycles. The molecule has 1 nitrogen and oxygen atoms in total. The summed E-state index contributed by atoms with van der Waals surface area (Å²) in [6.07, 6.45) is 2.70. The van der Waals surface area contributed by atoms with Crippen molar-refractivity contribution in [3.63, 3.8) is 0 Å². The maximum atomic E-state index is 8.43. The SMILES string of the molecule is CCC(C)=C(CC)CC#N. The number of hydrogen-bond acceptors (Lipinski definition) is 1. The lowest BCUT2D eigenvalue weighted by molar-refractivity contribution is 0.949. The average Bonchev–Trinajstić information content (AvgIpc) is 1.99. The molecule has 0 atom stereocenters. The van der Waals surface area contributed by atoms with Crippen molar-refractivity contribution in [2.45, 2.75) is 40.0 Å². The van der Waals surface area contributed by atoms with Gasteiger partial charge in [-0.15, -0.1) is 0 Å². The van der Waals surface area contributed by atoms with Gasteiger partial charge in [0.05, 0.1) is 12.5 Å². The van der Waals surface area contributed by atoms with E-state index in [1.807, 2.05) is 0 Å². The highest BCUT2D eigenvalue weighted by atomic mass is 14.2. The van der Waals surface area contributed by atoms with Gasteiger partial charge in [0.1, 0.15) is 0 Å². The summed E-state index contributed by atoms with van der Waals surface area (Å²) in [6, 6.07) is 2.18. The summed E-state index contributed by atoms with van der Waals surface area (Å²) in [6.45, 7) is 6.34. The molecule has 0 bridgehead atoms. The highest BCUT2D eigenvalue weighted by Crippen LogP contribution is 2.14. The van der Waals surface area contributed by atoms with Crippen molar-refractivity contribution in [2.24, 2.45) is 0 Å². The first-order chi connectivity index (χ1) is 4.76. The first-order valence-corrected chi connectivity index (χ1v) is 3.80. The van der Waals surface area contributed by atoms with E-state index in [1.54, 1.807) is 0 Å². The zero-order valence-corrected chi connectivity index (χ0v) is 7.07. The minimum atomic E-state index is 0.607. The summed E-state index contributed by atoms with van der Waals surface area (Å²) in [7, 11) is 0. The predicted octanol–water partition coefficient (Wildman–Crippen LogP) is 3.04. The molecule has 0 aromatic heterocycles. The minimum Gasteiger partial charge on any atom is -0.198 e. The molecule has 0 amide bonds. The number of allylic oxidation sites excluding steroid dienone is 2. The second-order valence-corrected chi connectivity index (χ2v) is 2.43. The van der Waals surface area contributed by atoms with Gasteiger partial charge in [-0.3, -0.25) is 0 Å². The highest BCUT2D eigenvalue weighted by Gasteiger charge is 1.96. The number of nitriles is 1. The quantitative estimate of drug-likeness (QED) is 0.548. The third-order valence-electron chi connectivity index (χ3n) is 1.85. The summed E-state index contributed by atoms with van der Waals surface area (Å²) >= 11 is 0. The zero-order chi connectivity index (χ0) is 7.98. The van der Waals surface area contributed by atoms with Gasteiger partial charge in [-0.05, 0) is 19.8 Å². The third kappa shape index (κ3) is 2.68. The van der Waals surface area contributed by atoms with E-state index < -0.39 is 0 Å². The normalized spacial score (nSPS) is 12.2. The van der Waals surface area contributed by atoms with E-state index in [-0.39, 0.29) is 0 Å². The predicted molar refractivity (Wildman–Crippen MR) is 43.5 cm³/mol. The highest BCUT2D eigenvalue weighted by molar-refractivity contribution is 5.14. The van der Waals surface area contributed by atoms with Crippen molar-refractivity contribution < 1.29 is 0 Å². The van der Waals surface area contributed by atoms with Crippen LogP contribution in [-0.4, -0.2) is 0 Å². The lowest BCUT2D eigenvalue weighted by Crippen LogP contribution is -1.84. The molecule has 0 saturated carbocycles. The van der Waals surface area contributed by atoms with Crippen LogP contribution in [-0.2, 0) is 0 Å². The Balaban J connectivity index is 4.17. The Kier molecular flexibility index (Phi) is 4.66. The van der Waals surface area contributed by atoms with Gasteiger partial charge in [0.15, 0.2) is 0 Å². The molecule has 10 heavy (non-hydrogen) atoms. The topological polar surface area (TPSA) is 23.8 Å². The van der Waals surface area contributed by atoms with Gasteiger partial charge >= 0.3 is 0 Å². The molecule has 0 fully saturated rings. The van der Waals surface area contributed by atoms with Gasteiger partial charge in [0, 0.05) is 0 Å². The van der Waals surface area contributed by atoms with Crippen LogP contribution in [0.4, 0.5) is 0 Å². The molecule has 0 aliphatic rings. The van der Waals surface area contributed by atoms with Gasteiger partial charge in [0.25, 0.3) is 0 Å². The molecule has 0 aromatic carbocycles. The molecule has 56 valence electrons. The van der Waals surface area contributed by atoms with Crippen LogP contribution in [0.1, 0.15) is 40.0 Å². The molecule has 0 radical (unpaired) electrons. The Morgan fingerprint density at radius 2 is 1.90 bits per heavy atom. The van der Waals surface area contributed by atoms with Crippen LogP contribution >= 0.6 is 0 Å². The summed E-state index contributed by atoms with van der Waals surface area (Å²) < 4.78 is 0. The second kappa shape index (κ2) is 5.05. The molecule has 0 aliphatic carbocycles. The summed E-state index contributed by atoms with van der Waals surface area (Å²) in [4.78, 5) is 0. The number of hydrogen-bond donors (Lipinski definition) is 0. The van der Waals surface area contributed by atoms with Gasteiger partial charge < -0.3 is 0 Å². The van der Waals surface area contributed by atoms with E-state index in [0.717, 1.165) is 12.8 Å². The maximum Gasteiger partial charge on any atom is 0.0666 e. The molecule has 1 heteroatoms. The Labute approximate surface area is 63.4 Å². The van der Waals surface area contributed by atoms with Crippen molar-refractivity contribution in [3.05, 3.63) is 11.1 Å². The molecule has 0 saturated heterocycles. The van der Waals surface area contributed by atoms with Crippen LogP contribution in [0.3, 0.4) is 0 Å². The van der Waals surface area contributed by atoms with E-state index in [0.29, 0.717) is 6.42 Å². The van der Waals surface area contributed by atoms with Gasteiger partial charge in [-0.1, -0.05) is 25.0 Å². The monoisotopic (exact) mass is 137 g/mol. The van der Waals surface area contributed by atoms with Crippen molar-refractivity contribution in [1.29, 1.82) is 5.26 Å². The molecule has 0 N–H and O–H groups in total. The number of nitrogens with zero attached hydrogens (tertiary/aromatic N) is 1. The van der Waals surface area contributed by atoms with Crippen molar-refractivity contribution >= 4 is 0 Å². The smallest absolute Gasteiger partial charge is 0.0666 e. The Morgan fingerprint density at radius 3 is 2.20 bits per heavy atom. The Bertz CT molecular complexity index is 160. The Hall–Kier alpha value is -0.770. The Morgan fingerprint density at radius 1 is 1.30 bits per heavy atom. The lowest BCUT2D eigenvalue weighted by Gasteiger charge is -2.02. The average molecular weight is 137 g/mol. The molecule has 0 spiro atoms. The summed E-state index contributed by atoms with van der Waals surface area (Å²) in [5.41, 5.74) is 2.69. The van der Waals surface area contributed by atoms with E-state index in [1.165, 1.54) is 11.1 Å². The van der Waals surface area contributed by atoms with Gasteiger partial charge in [-0.25, -0.2) is 0 Å².